The molecule has 0 aliphatic rings. The second kappa shape index (κ2) is 6.78. The number of benzene rings is 1. The van der Waals surface area contributed by atoms with Gasteiger partial charge in [0.15, 0.2) is 0 Å². The number of nitrogens with two attached hydrogens (primary N) is 1. The van der Waals surface area contributed by atoms with Gasteiger partial charge in [-0.2, -0.15) is 0 Å². The molecule has 4 nitrogen and oxygen atoms in total. The van der Waals surface area contributed by atoms with Crippen LogP contribution in [0.2, 0.25) is 5.02 Å². The molecule has 0 bridgehead atoms. The SMILES string of the molecule is N=C(N)c1cc(SCNC(=O)c2ccc(Cl)cc2)cs1. The van der Waals surface area contributed by atoms with E-state index in [0.29, 0.717) is 16.5 Å². The fourth-order valence-electron chi connectivity index (χ4n) is 1.42. The Hall–Kier alpha value is -1.50. The van der Waals surface area contributed by atoms with Gasteiger partial charge in [0.2, 0.25) is 0 Å². The number of rotatable bonds is 5. The van der Waals surface area contributed by atoms with Gasteiger partial charge in [0.25, 0.3) is 5.91 Å². The summed E-state index contributed by atoms with van der Waals surface area (Å²) in [5, 5.41) is 12.6. The van der Waals surface area contributed by atoms with Gasteiger partial charge >= 0.3 is 0 Å². The van der Waals surface area contributed by atoms with Crippen molar-refractivity contribution in [3.05, 3.63) is 51.2 Å². The summed E-state index contributed by atoms with van der Waals surface area (Å²) in [5.74, 6) is 0.374. The fraction of sp³-hybridized carbons (Fsp3) is 0.0769. The Morgan fingerprint density at radius 2 is 2.10 bits per heavy atom. The number of thioether (sulfide) groups is 1. The average molecular weight is 326 g/mol. The zero-order valence-corrected chi connectivity index (χ0v) is 12.7. The number of nitrogens with one attached hydrogen (secondary N) is 2. The van der Waals surface area contributed by atoms with E-state index in [2.05, 4.69) is 5.32 Å². The summed E-state index contributed by atoms with van der Waals surface area (Å²) >= 11 is 8.67. The first-order chi connectivity index (χ1) is 9.56. The highest BCUT2D eigenvalue weighted by Gasteiger charge is 2.06. The third-order valence-corrected chi connectivity index (χ3v) is 4.64. The lowest BCUT2D eigenvalue weighted by molar-refractivity contribution is 0.0961. The summed E-state index contributed by atoms with van der Waals surface area (Å²) in [5.41, 5.74) is 5.97. The minimum absolute atomic E-state index is 0.0621. The van der Waals surface area contributed by atoms with Crippen molar-refractivity contribution in [2.24, 2.45) is 5.73 Å². The quantitative estimate of drug-likeness (QED) is 0.342. The van der Waals surface area contributed by atoms with Crippen molar-refractivity contribution in [1.82, 2.24) is 5.32 Å². The van der Waals surface area contributed by atoms with E-state index in [1.54, 1.807) is 24.3 Å². The maximum absolute atomic E-state index is 11.8. The lowest BCUT2D eigenvalue weighted by atomic mass is 10.2. The van der Waals surface area contributed by atoms with Crippen molar-refractivity contribution in [2.75, 3.05) is 5.88 Å². The lowest BCUT2D eigenvalue weighted by Gasteiger charge is -2.04. The highest BCUT2D eigenvalue weighted by Crippen LogP contribution is 2.23. The van der Waals surface area contributed by atoms with Crippen LogP contribution in [0.25, 0.3) is 0 Å². The zero-order chi connectivity index (χ0) is 14.5. The van der Waals surface area contributed by atoms with Gasteiger partial charge in [-0.05, 0) is 30.3 Å². The van der Waals surface area contributed by atoms with Crippen molar-refractivity contribution >= 4 is 46.4 Å². The van der Waals surface area contributed by atoms with Crippen molar-refractivity contribution in [2.45, 2.75) is 4.90 Å². The van der Waals surface area contributed by atoms with Crippen LogP contribution < -0.4 is 11.1 Å². The topological polar surface area (TPSA) is 79.0 Å². The largest absolute Gasteiger partial charge is 0.383 e. The van der Waals surface area contributed by atoms with E-state index in [-0.39, 0.29) is 11.7 Å². The van der Waals surface area contributed by atoms with Crippen LogP contribution in [0.3, 0.4) is 0 Å². The number of amides is 1. The summed E-state index contributed by atoms with van der Waals surface area (Å²) in [6.07, 6.45) is 0. The van der Waals surface area contributed by atoms with Gasteiger partial charge in [-0.15, -0.1) is 23.1 Å². The Morgan fingerprint density at radius 1 is 1.40 bits per heavy atom. The molecule has 104 valence electrons. The average Bonchev–Trinajstić information content (AvgIpc) is 2.88. The van der Waals surface area contributed by atoms with Gasteiger partial charge in [-0.3, -0.25) is 10.2 Å². The molecule has 1 heterocycles. The number of carbonyl (C=O) groups is 1. The molecule has 0 radical (unpaired) electrons. The molecule has 0 unspecified atom stereocenters. The summed E-state index contributed by atoms with van der Waals surface area (Å²) < 4.78 is 0. The number of thiophene rings is 1. The van der Waals surface area contributed by atoms with Crippen LogP contribution >= 0.6 is 34.7 Å². The van der Waals surface area contributed by atoms with Gasteiger partial charge in [-0.25, -0.2) is 0 Å². The maximum atomic E-state index is 11.8. The van der Waals surface area contributed by atoms with Crippen molar-refractivity contribution < 1.29 is 4.79 Å². The molecule has 2 aromatic rings. The molecule has 0 aliphatic heterocycles. The van der Waals surface area contributed by atoms with Gasteiger partial charge < -0.3 is 11.1 Å². The number of amidine groups is 1. The van der Waals surface area contributed by atoms with E-state index in [9.17, 15) is 4.79 Å². The van der Waals surface area contributed by atoms with E-state index < -0.39 is 0 Å². The molecule has 1 aromatic heterocycles. The van der Waals surface area contributed by atoms with Crippen LogP contribution in [0.1, 0.15) is 15.2 Å². The zero-order valence-electron chi connectivity index (χ0n) is 10.4. The number of halogens is 1. The van der Waals surface area contributed by atoms with Crippen LogP contribution in [0.15, 0.2) is 40.6 Å². The molecule has 0 atom stereocenters. The molecule has 0 fully saturated rings. The number of carbonyl (C=O) groups excluding carboxylic acids is 1. The Kier molecular flexibility index (Phi) is 5.05. The molecule has 0 saturated carbocycles. The first-order valence-corrected chi connectivity index (χ1v) is 7.90. The molecule has 20 heavy (non-hydrogen) atoms. The van der Waals surface area contributed by atoms with E-state index in [4.69, 9.17) is 22.7 Å². The Labute approximate surface area is 129 Å². The van der Waals surface area contributed by atoms with Crippen molar-refractivity contribution in [3.8, 4) is 0 Å². The van der Waals surface area contributed by atoms with Crippen molar-refractivity contribution in [3.63, 3.8) is 0 Å². The Balaban J connectivity index is 1.84. The van der Waals surface area contributed by atoms with E-state index in [1.807, 2.05) is 11.4 Å². The number of nitrogen functional groups attached to an aromatic ring is 1. The Bertz CT molecular complexity index is 625. The normalized spacial score (nSPS) is 10.2. The highest BCUT2D eigenvalue weighted by atomic mass is 35.5. The number of hydrogen-bond donors (Lipinski definition) is 3. The second-order valence-corrected chi connectivity index (χ2v) is 6.26. The molecular formula is C13H12ClN3OS2. The van der Waals surface area contributed by atoms with E-state index in [1.165, 1.54) is 23.1 Å². The Morgan fingerprint density at radius 3 is 2.70 bits per heavy atom. The molecule has 1 aromatic carbocycles. The van der Waals surface area contributed by atoms with Crippen LogP contribution in [0.4, 0.5) is 0 Å². The van der Waals surface area contributed by atoms with Gasteiger partial charge in [0.05, 0.1) is 10.8 Å². The smallest absolute Gasteiger partial charge is 0.251 e. The molecule has 4 N–H and O–H groups in total. The third kappa shape index (κ3) is 4.00. The number of hydrogen-bond acceptors (Lipinski definition) is 4. The van der Waals surface area contributed by atoms with Crippen molar-refractivity contribution in [1.29, 1.82) is 5.41 Å². The van der Waals surface area contributed by atoms with Crippen LogP contribution in [0, 0.1) is 5.41 Å². The van der Waals surface area contributed by atoms with Gasteiger partial charge in [-0.1, -0.05) is 11.6 Å². The third-order valence-electron chi connectivity index (χ3n) is 2.42. The summed E-state index contributed by atoms with van der Waals surface area (Å²) in [4.78, 5) is 13.6. The first-order valence-electron chi connectivity index (χ1n) is 5.66. The molecule has 0 spiro atoms. The molecule has 0 saturated heterocycles. The minimum atomic E-state index is -0.142. The van der Waals surface area contributed by atoms with E-state index in [0.717, 1.165) is 9.77 Å². The summed E-state index contributed by atoms with van der Waals surface area (Å²) in [7, 11) is 0. The minimum Gasteiger partial charge on any atom is -0.383 e. The summed E-state index contributed by atoms with van der Waals surface area (Å²) in [6, 6.07) is 8.57. The van der Waals surface area contributed by atoms with Crippen LogP contribution in [-0.4, -0.2) is 17.6 Å². The molecule has 7 heteroatoms. The van der Waals surface area contributed by atoms with Crippen LogP contribution in [-0.2, 0) is 0 Å². The maximum Gasteiger partial charge on any atom is 0.251 e. The predicted molar refractivity (Wildman–Crippen MR) is 85.0 cm³/mol. The highest BCUT2D eigenvalue weighted by molar-refractivity contribution is 7.99. The molecule has 2 rings (SSSR count). The van der Waals surface area contributed by atoms with Gasteiger partial charge in [0.1, 0.15) is 5.84 Å². The van der Waals surface area contributed by atoms with E-state index >= 15 is 0 Å². The molecule has 0 aliphatic carbocycles. The fourth-order valence-corrected chi connectivity index (χ4v) is 3.25. The lowest BCUT2D eigenvalue weighted by Crippen LogP contribution is -2.22. The second-order valence-electron chi connectivity index (χ2n) is 3.86. The monoisotopic (exact) mass is 325 g/mol. The standard InChI is InChI=1S/C13H12ClN3OS2/c14-9-3-1-8(2-4-9)13(18)17-7-20-10-5-11(12(15)16)19-6-10/h1-6H,7H2,(H3,15,16)(H,17,18). The van der Waals surface area contributed by atoms with Gasteiger partial charge in [0, 0.05) is 20.9 Å². The van der Waals surface area contributed by atoms with Crippen LogP contribution in [0.5, 0.6) is 0 Å². The molecular weight excluding hydrogens is 314 g/mol. The molecule has 1 amide bonds. The predicted octanol–water partition coefficient (Wildman–Crippen LogP) is 3.17. The first kappa shape index (κ1) is 14.9. The summed E-state index contributed by atoms with van der Waals surface area (Å²) in [6.45, 7) is 0.